The van der Waals surface area contributed by atoms with E-state index in [9.17, 15) is 9.59 Å². The van der Waals surface area contributed by atoms with Crippen molar-refractivity contribution < 1.29 is 23.8 Å². The van der Waals surface area contributed by atoms with Gasteiger partial charge in [0.15, 0.2) is 23.9 Å². The number of ether oxygens (including phenoxy) is 3. The van der Waals surface area contributed by atoms with Gasteiger partial charge in [-0.25, -0.2) is 0 Å². The number of benzene rings is 3. The molecule has 1 heterocycles. The molecule has 1 aliphatic rings. The third kappa shape index (κ3) is 3.37. The Morgan fingerprint density at radius 1 is 0.885 bits per heavy atom. The van der Waals surface area contributed by atoms with Crippen molar-refractivity contribution in [2.75, 3.05) is 13.4 Å². The Balaban J connectivity index is 1.36. The summed E-state index contributed by atoms with van der Waals surface area (Å²) in [5, 5.41) is 2.18. The van der Waals surface area contributed by atoms with E-state index in [4.69, 9.17) is 14.2 Å². The van der Waals surface area contributed by atoms with E-state index >= 15 is 0 Å². The van der Waals surface area contributed by atoms with Gasteiger partial charge in [0, 0.05) is 5.56 Å². The molecule has 0 atom stereocenters. The average Bonchev–Trinajstić information content (AvgIpc) is 3.14. The van der Waals surface area contributed by atoms with Crippen molar-refractivity contribution in [3.05, 3.63) is 71.8 Å². The van der Waals surface area contributed by atoms with Gasteiger partial charge in [-0.15, -0.1) is 0 Å². The normalized spacial score (nSPS) is 12.2. The Kier molecular flexibility index (Phi) is 4.27. The van der Waals surface area contributed by atoms with E-state index in [1.165, 1.54) is 0 Å². The second kappa shape index (κ2) is 6.88. The fourth-order valence-electron chi connectivity index (χ4n) is 2.87. The van der Waals surface area contributed by atoms with Crippen molar-refractivity contribution in [2.45, 2.75) is 6.42 Å². The van der Waals surface area contributed by atoms with Gasteiger partial charge < -0.3 is 14.2 Å². The molecule has 0 bridgehead atoms. The predicted molar refractivity (Wildman–Crippen MR) is 95.5 cm³/mol. The molecular weight excluding hydrogens is 332 g/mol. The molecule has 1 aliphatic heterocycles. The Morgan fingerprint density at radius 3 is 2.58 bits per heavy atom. The smallest absolute Gasteiger partial charge is 0.310 e. The molecule has 0 aromatic heterocycles. The molecule has 0 unspecified atom stereocenters. The van der Waals surface area contributed by atoms with Gasteiger partial charge >= 0.3 is 5.97 Å². The van der Waals surface area contributed by atoms with Crippen LogP contribution in [0, 0.1) is 0 Å². The summed E-state index contributed by atoms with van der Waals surface area (Å²) in [6.45, 7) is -0.153. The number of carbonyl (C=O) groups excluding carboxylic acids is 2. The van der Waals surface area contributed by atoms with Gasteiger partial charge in [0.25, 0.3) is 0 Å². The lowest BCUT2D eigenvalue weighted by Crippen LogP contribution is -2.15. The Labute approximate surface area is 150 Å². The summed E-state index contributed by atoms with van der Waals surface area (Å²) in [6, 6.07) is 18.7. The molecule has 3 aromatic rings. The molecule has 0 fully saturated rings. The molecule has 130 valence electrons. The van der Waals surface area contributed by atoms with Crippen molar-refractivity contribution in [1.29, 1.82) is 0 Å². The fourth-order valence-corrected chi connectivity index (χ4v) is 2.87. The standard InChI is InChI=1S/C21H16O5/c22-18(17-7-8-19-20(11-17)26-13-25-19)12-24-21(23)10-14-5-6-15-3-1-2-4-16(15)9-14/h1-9,11H,10,12-13H2. The zero-order chi connectivity index (χ0) is 17.9. The molecule has 3 aromatic carbocycles. The van der Waals surface area contributed by atoms with Crippen LogP contribution < -0.4 is 9.47 Å². The summed E-state index contributed by atoms with van der Waals surface area (Å²) in [6.07, 6.45) is 0.124. The van der Waals surface area contributed by atoms with Crippen LogP contribution >= 0.6 is 0 Å². The van der Waals surface area contributed by atoms with E-state index in [1.807, 2.05) is 42.5 Å². The largest absolute Gasteiger partial charge is 0.457 e. The van der Waals surface area contributed by atoms with Gasteiger partial charge in [0.1, 0.15) is 0 Å². The van der Waals surface area contributed by atoms with Crippen LogP contribution in [0.3, 0.4) is 0 Å². The van der Waals surface area contributed by atoms with Gasteiger partial charge in [0.2, 0.25) is 6.79 Å². The number of esters is 1. The van der Waals surface area contributed by atoms with Crippen LogP contribution in [0.2, 0.25) is 0 Å². The summed E-state index contributed by atoms with van der Waals surface area (Å²) in [7, 11) is 0. The van der Waals surface area contributed by atoms with E-state index in [2.05, 4.69) is 0 Å². The zero-order valence-electron chi connectivity index (χ0n) is 13.9. The second-order valence-electron chi connectivity index (χ2n) is 6.01. The van der Waals surface area contributed by atoms with Gasteiger partial charge in [-0.05, 0) is 34.5 Å². The highest BCUT2D eigenvalue weighted by Gasteiger charge is 2.17. The fraction of sp³-hybridized carbons (Fsp3) is 0.143. The van der Waals surface area contributed by atoms with Crippen LogP contribution in [0.1, 0.15) is 15.9 Å². The van der Waals surface area contributed by atoms with E-state index in [0.29, 0.717) is 17.1 Å². The zero-order valence-corrected chi connectivity index (χ0v) is 13.9. The molecular formula is C21H16O5. The molecule has 0 saturated heterocycles. The van der Waals surface area contributed by atoms with Crippen LogP contribution in [0.5, 0.6) is 11.5 Å². The molecule has 4 rings (SSSR count). The maximum Gasteiger partial charge on any atom is 0.310 e. The number of hydrogen-bond donors (Lipinski definition) is 0. The summed E-state index contributed by atoms with van der Waals surface area (Å²) < 4.78 is 15.6. The highest BCUT2D eigenvalue weighted by molar-refractivity contribution is 5.98. The molecule has 0 amide bonds. The number of fused-ring (bicyclic) bond motifs is 2. The van der Waals surface area contributed by atoms with Crippen molar-refractivity contribution in [1.82, 2.24) is 0 Å². The highest BCUT2D eigenvalue weighted by atomic mass is 16.7. The molecule has 5 nitrogen and oxygen atoms in total. The number of ketones is 1. The van der Waals surface area contributed by atoms with Gasteiger partial charge in [-0.1, -0.05) is 42.5 Å². The van der Waals surface area contributed by atoms with Crippen molar-refractivity contribution >= 4 is 22.5 Å². The number of carbonyl (C=O) groups is 2. The van der Waals surface area contributed by atoms with Crippen molar-refractivity contribution in [2.24, 2.45) is 0 Å². The average molecular weight is 348 g/mol. The molecule has 0 radical (unpaired) electrons. The Morgan fingerprint density at radius 2 is 1.69 bits per heavy atom. The summed E-state index contributed by atoms with van der Waals surface area (Å²) in [5.74, 6) is 0.415. The minimum Gasteiger partial charge on any atom is -0.457 e. The number of rotatable bonds is 5. The van der Waals surface area contributed by atoms with Crippen LogP contribution in [0.25, 0.3) is 10.8 Å². The van der Waals surface area contributed by atoms with E-state index in [1.54, 1.807) is 18.2 Å². The van der Waals surface area contributed by atoms with Crippen LogP contribution in [0.15, 0.2) is 60.7 Å². The summed E-state index contributed by atoms with van der Waals surface area (Å²) >= 11 is 0. The van der Waals surface area contributed by atoms with E-state index in [-0.39, 0.29) is 25.6 Å². The van der Waals surface area contributed by atoms with Crippen LogP contribution in [0.4, 0.5) is 0 Å². The second-order valence-corrected chi connectivity index (χ2v) is 6.01. The topological polar surface area (TPSA) is 61.8 Å². The first-order valence-corrected chi connectivity index (χ1v) is 8.25. The lowest BCUT2D eigenvalue weighted by Gasteiger charge is -2.06. The van der Waals surface area contributed by atoms with Gasteiger partial charge in [-0.2, -0.15) is 0 Å². The van der Waals surface area contributed by atoms with Gasteiger partial charge in [-0.3, -0.25) is 9.59 Å². The quantitative estimate of drug-likeness (QED) is 0.521. The highest BCUT2D eigenvalue weighted by Crippen LogP contribution is 2.32. The maximum absolute atomic E-state index is 12.2. The van der Waals surface area contributed by atoms with Crippen LogP contribution in [-0.4, -0.2) is 25.2 Å². The monoisotopic (exact) mass is 348 g/mol. The van der Waals surface area contributed by atoms with E-state index < -0.39 is 5.97 Å². The SMILES string of the molecule is O=C(Cc1ccc2ccccc2c1)OCC(=O)c1ccc2c(c1)OCO2. The summed E-state index contributed by atoms with van der Waals surface area (Å²) in [5.41, 5.74) is 1.27. The van der Waals surface area contributed by atoms with Gasteiger partial charge in [0.05, 0.1) is 6.42 Å². The first-order chi connectivity index (χ1) is 12.7. The summed E-state index contributed by atoms with van der Waals surface area (Å²) in [4.78, 5) is 24.3. The number of hydrogen-bond acceptors (Lipinski definition) is 5. The third-order valence-corrected chi connectivity index (χ3v) is 4.22. The third-order valence-electron chi connectivity index (χ3n) is 4.22. The molecule has 0 aliphatic carbocycles. The van der Waals surface area contributed by atoms with Crippen molar-refractivity contribution in [3.63, 3.8) is 0 Å². The predicted octanol–water partition coefficient (Wildman–Crippen LogP) is 3.54. The maximum atomic E-state index is 12.2. The molecule has 0 N–H and O–H groups in total. The minimum atomic E-state index is -0.436. The number of Topliss-reactive ketones (excluding diaryl/α,β-unsaturated/α-hetero) is 1. The lowest BCUT2D eigenvalue weighted by atomic mass is 10.1. The molecule has 5 heteroatoms. The Hall–Kier alpha value is -3.34. The van der Waals surface area contributed by atoms with Crippen LogP contribution in [-0.2, 0) is 16.0 Å². The molecule has 26 heavy (non-hydrogen) atoms. The lowest BCUT2D eigenvalue weighted by molar-refractivity contribution is -0.141. The molecule has 0 saturated carbocycles. The van der Waals surface area contributed by atoms with Crippen molar-refractivity contribution in [3.8, 4) is 11.5 Å². The Bertz CT molecular complexity index is 993. The first-order valence-electron chi connectivity index (χ1n) is 8.25. The first kappa shape index (κ1) is 16.1. The molecule has 0 spiro atoms. The minimum absolute atomic E-state index is 0.124. The van der Waals surface area contributed by atoms with E-state index in [0.717, 1.165) is 16.3 Å².